The lowest BCUT2D eigenvalue weighted by atomic mass is 10.1. The van der Waals surface area contributed by atoms with Crippen LogP contribution in [0, 0.1) is 0 Å². The summed E-state index contributed by atoms with van der Waals surface area (Å²) in [5, 5.41) is 3.37. The van der Waals surface area contributed by atoms with Crippen molar-refractivity contribution in [2.24, 2.45) is 0 Å². The number of sulfone groups is 1. The zero-order valence-corrected chi connectivity index (χ0v) is 12.0. The van der Waals surface area contributed by atoms with E-state index in [0.717, 1.165) is 18.1 Å². The van der Waals surface area contributed by atoms with Gasteiger partial charge in [-0.3, -0.25) is 0 Å². The quantitative estimate of drug-likeness (QED) is 0.866. The van der Waals surface area contributed by atoms with Crippen molar-refractivity contribution in [2.45, 2.75) is 45.2 Å². The lowest BCUT2D eigenvalue weighted by molar-refractivity contribution is 0.421. The van der Waals surface area contributed by atoms with Crippen LogP contribution >= 0.6 is 0 Å². The smallest absolute Gasteiger partial charge is 0.151 e. The molecule has 102 valence electrons. The van der Waals surface area contributed by atoms with Gasteiger partial charge in [-0.2, -0.15) is 0 Å². The molecule has 18 heavy (non-hydrogen) atoms. The minimum Gasteiger partial charge on any atom is -0.345 e. The van der Waals surface area contributed by atoms with Crippen molar-refractivity contribution in [2.75, 3.05) is 11.5 Å². The Morgan fingerprint density at radius 2 is 2.22 bits per heavy atom. The summed E-state index contributed by atoms with van der Waals surface area (Å²) in [4.78, 5) is 7.53. The predicted molar refractivity (Wildman–Crippen MR) is 71.2 cm³/mol. The number of hydrogen-bond acceptors (Lipinski definition) is 4. The molecule has 1 fully saturated rings. The van der Waals surface area contributed by atoms with E-state index >= 15 is 0 Å². The minimum atomic E-state index is -2.85. The molecule has 1 unspecified atom stereocenters. The van der Waals surface area contributed by atoms with Gasteiger partial charge in [0.15, 0.2) is 9.84 Å². The SMILES string of the molecule is CC(C)(C)NCc1cnc(C2CCS(=O)(=O)C2)[nH]1. The van der Waals surface area contributed by atoms with E-state index in [1.807, 2.05) is 0 Å². The van der Waals surface area contributed by atoms with E-state index in [4.69, 9.17) is 0 Å². The van der Waals surface area contributed by atoms with Gasteiger partial charge in [0.25, 0.3) is 0 Å². The van der Waals surface area contributed by atoms with Gasteiger partial charge in [-0.1, -0.05) is 0 Å². The zero-order chi connectivity index (χ0) is 13.4. The van der Waals surface area contributed by atoms with E-state index in [9.17, 15) is 8.42 Å². The molecule has 1 aliphatic heterocycles. The van der Waals surface area contributed by atoms with Gasteiger partial charge in [0, 0.05) is 29.9 Å². The monoisotopic (exact) mass is 271 g/mol. The Kier molecular flexibility index (Phi) is 3.51. The fraction of sp³-hybridized carbons (Fsp3) is 0.750. The van der Waals surface area contributed by atoms with Crippen LogP contribution < -0.4 is 5.32 Å². The number of nitrogens with one attached hydrogen (secondary N) is 2. The number of H-pyrrole nitrogens is 1. The van der Waals surface area contributed by atoms with E-state index < -0.39 is 9.84 Å². The largest absolute Gasteiger partial charge is 0.345 e. The topological polar surface area (TPSA) is 74.8 Å². The molecule has 2 N–H and O–H groups in total. The normalized spacial score (nSPS) is 23.4. The molecule has 0 bridgehead atoms. The number of nitrogens with zero attached hydrogens (tertiary/aromatic N) is 1. The summed E-state index contributed by atoms with van der Waals surface area (Å²) in [6.07, 6.45) is 2.47. The molecule has 1 aliphatic rings. The van der Waals surface area contributed by atoms with E-state index in [1.54, 1.807) is 6.20 Å². The average Bonchev–Trinajstić information content (AvgIpc) is 2.80. The van der Waals surface area contributed by atoms with Crippen molar-refractivity contribution in [3.8, 4) is 0 Å². The predicted octanol–water partition coefficient (Wildman–Crippen LogP) is 1.20. The first-order valence-corrected chi connectivity index (χ1v) is 8.06. The molecule has 0 amide bonds. The van der Waals surface area contributed by atoms with E-state index in [2.05, 4.69) is 36.1 Å². The first-order valence-electron chi connectivity index (χ1n) is 6.24. The molecule has 2 rings (SSSR count). The van der Waals surface area contributed by atoms with Crippen molar-refractivity contribution in [3.05, 3.63) is 17.7 Å². The molecule has 0 saturated carbocycles. The summed E-state index contributed by atoms with van der Waals surface area (Å²) in [7, 11) is -2.85. The fourth-order valence-electron chi connectivity index (χ4n) is 2.04. The van der Waals surface area contributed by atoms with E-state index in [1.165, 1.54) is 0 Å². The molecule has 1 aromatic heterocycles. The van der Waals surface area contributed by atoms with Crippen molar-refractivity contribution in [1.82, 2.24) is 15.3 Å². The summed E-state index contributed by atoms with van der Waals surface area (Å²) in [6.45, 7) is 7.03. The van der Waals surface area contributed by atoms with Gasteiger partial charge in [0.2, 0.25) is 0 Å². The molecule has 2 heterocycles. The second kappa shape index (κ2) is 4.66. The number of imidazole rings is 1. The Bertz CT molecular complexity index is 514. The third-order valence-corrected chi connectivity index (χ3v) is 4.84. The molecule has 1 aromatic rings. The van der Waals surface area contributed by atoms with Crippen molar-refractivity contribution in [1.29, 1.82) is 0 Å². The number of aromatic nitrogens is 2. The average molecular weight is 271 g/mol. The van der Waals surface area contributed by atoms with Gasteiger partial charge < -0.3 is 10.3 Å². The molecular weight excluding hydrogens is 250 g/mol. The highest BCUT2D eigenvalue weighted by Gasteiger charge is 2.30. The van der Waals surface area contributed by atoms with Crippen LogP contribution in [-0.2, 0) is 16.4 Å². The molecule has 0 spiro atoms. The highest BCUT2D eigenvalue weighted by Crippen LogP contribution is 2.26. The van der Waals surface area contributed by atoms with Crippen molar-refractivity contribution < 1.29 is 8.42 Å². The minimum absolute atomic E-state index is 0.0402. The molecule has 0 radical (unpaired) electrons. The lowest BCUT2D eigenvalue weighted by Gasteiger charge is -2.19. The van der Waals surface area contributed by atoms with Crippen molar-refractivity contribution >= 4 is 9.84 Å². The van der Waals surface area contributed by atoms with E-state index in [-0.39, 0.29) is 23.0 Å². The Hall–Kier alpha value is -0.880. The van der Waals surface area contributed by atoms with Crippen LogP contribution in [-0.4, -0.2) is 35.4 Å². The van der Waals surface area contributed by atoms with Crippen LogP contribution in [0.4, 0.5) is 0 Å². The third kappa shape index (κ3) is 3.55. The van der Waals surface area contributed by atoms with Crippen LogP contribution in [0.25, 0.3) is 0 Å². The summed E-state index contributed by atoms with van der Waals surface area (Å²) < 4.78 is 22.8. The number of hydrogen-bond donors (Lipinski definition) is 2. The standard InChI is InChI=1S/C12H21N3O2S/c1-12(2,3)14-7-10-6-13-11(15-10)9-4-5-18(16,17)8-9/h6,9,14H,4-5,7-8H2,1-3H3,(H,13,15). The van der Waals surface area contributed by atoms with Crippen molar-refractivity contribution in [3.63, 3.8) is 0 Å². The highest BCUT2D eigenvalue weighted by molar-refractivity contribution is 7.91. The van der Waals surface area contributed by atoms with Gasteiger partial charge in [0.05, 0.1) is 11.5 Å². The maximum absolute atomic E-state index is 11.4. The number of aromatic amines is 1. The Balaban J connectivity index is 1.99. The Labute approximate surface area is 108 Å². The molecule has 1 atom stereocenters. The van der Waals surface area contributed by atoms with Gasteiger partial charge in [0.1, 0.15) is 5.82 Å². The summed E-state index contributed by atoms with van der Waals surface area (Å²) >= 11 is 0. The maximum atomic E-state index is 11.4. The van der Waals surface area contributed by atoms with Gasteiger partial charge in [-0.05, 0) is 27.2 Å². The summed E-state index contributed by atoms with van der Waals surface area (Å²) in [5.41, 5.74) is 1.06. The zero-order valence-electron chi connectivity index (χ0n) is 11.2. The molecule has 5 nitrogen and oxygen atoms in total. The molecule has 0 aromatic carbocycles. The second-order valence-electron chi connectivity index (χ2n) is 6.00. The first-order chi connectivity index (χ1) is 8.25. The van der Waals surface area contributed by atoms with Crippen LogP contribution in [0.5, 0.6) is 0 Å². The first kappa shape index (κ1) is 13.5. The van der Waals surface area contributed by atoms with Crippen LogP contribution in [0.15, 0.2) is 6.20 Å². The Morgan fingerprint density at radius 3 is 2.78 bits per heavy atom. The lowest BCUT2D eigenvalue weighted by Crippen LogP contribution is -2.35. The van der Waals surface area contributed by atoms with Gasteiger partial charge in [-0.15, -0.1) is 0 Å². The van der Waals surface area contributed by atoms with Gasteiger partial charge in [-0.25, -0.2) is 13.4 Å². The second-order valence-corrected chi connectivity index (χ2v) is 8.23. The summed E-state index contributed by atoms with van der Waals surface area (Å²) in [5.74, 6) is 1.36. The third-order valence-electron chi connectivity index (χ3n) is 3.08. The summed E-state index contributed by atoms with van der Waals surface area (Å²) in [6, 6.07) is 0. The van der Waals surface area contributed by atoms with Crippen LogP contribution in [0.3, 0.4) is 0 Å². The molecular formula is C12H21N3O2S. The molecule has 0 aliphatic carbocycles. The molecule has 1 saturated heterocycles. The maximum Gasteiger partial charge on any atom is 0.151 e. The Morgan fingerprint density at radius 1 is 1.50 bits per heavy atom. The van der Waals surface area contributed by atoms with Gasteiger partial charge >= 0.3 is 0 Å². The highest BCUT2D eigenvalue weighted by atomic mass is 32.2. The van der Waals surface area contributed by atoms with Crippen LogP contribution in [0.2, 0.25) is 0 Å². The fourth-order valence-corrected chi connectivity index (χ4v) is 3.79. The number of rotatable bonds is 3. The van der Waals surface area contributed by atoms with Crippen LogP contribution in [0.1, 0.15) is 44.6 Å². The molecule has 6 heteroatoms. The van der Waals surface area contributed by atoms with E-state index in [0.29, 0.717) is 6.42 Å².